The SMILES string of the molecule is Cc1ccc(N(CCCN2CCC(Cc3ccc(C(N)=O)cc3)CC2)C(=O)C2CCN(C(=O)COCC(=O)NCCCCCNC(=O)COCC(=O)N[C@H]3CC[C@@]4(O)C5Cc6ccc(O)c7c6[C@@]4(CCN5C)C3O7)CC2)cc1Cl. The Balaban J connectivity index is 0.606. The first-order valence-electron chi connectivity index (χ1n) is 28.4. The van der Waals surface area contributed by atoms with Gasteiger partial charge in [-0.2, -0.15) is 0 Å². The smallest absolute Gasteiger partial charge is 0.248 e. The maximum absolute atomic E-state index is 14.2. The van der Waals surface area contributed by atoms with Gasteiger partial charge in [-0.15, -0.1) is 0 Å². The van der Waals surface area contributed by atoms with Crippen molar-refractivity contribution in [2.75, 3.05) is 97.3 Å². The second-order valence-electron chi connectivity index (χ2n) is 22.8. The molecule has 9 rings (SSSR count). The van der Waals surface area contributed by atoms with E-state index >= 15 is 0 Å². The number of piperidine rings is 3. The largest absolute Gasteiger partial charge is 0.504 e. The second-order valence-corrected chi connectivity index (χ2v) is 23.2. The van der Waals surface area contributed by atoms with Crippen LogP contribution in [-0.4, -0.2) is 177 Å². The molecule has 3 saturated heterocycles. The Labute approximate surface area is 468 Å². The number of aliphatic hydroxyl groups is 1. The highest BCUT2D eigenvalue weighted by Crippen LogP contribution is 2.65. The molecule has 3 aromatic rings. The number of nitrogens with one attached hydrogen (secondary N) is 3. The molecule has 20 heteroatoms. The highest BCUT2D eigenvalue weighted by molar-refractivity contribution is 6.31. The Morgan fingerprint density at radius 2 is 1.49 bits per heavy atom. The number of primary amides is 1. The van der Waals surface area contributed by atoms with Gasteiger partial charge in [0.05, 0.1) is 17.1 Å². The summed E-state index contributed by atoms with van der Waals surface area (Å²) in [7, 11) is 2.03. The number of nitrogens with two attached hydrogens (primary N) is 1. The molecule has 5 atom stereocenters. The summed E-state index contributed by atoms with van der Waals surface area (Å²) in [4.78, 5) is 85.1. The fourth-order valence-corrected chi connectivity index (χ4v) is 13.6. The number of phenols is 1. The van der Waals surface area contributed by atoms with Crippen LogP contribution in [0.25, 0.3) is 0 Å². The average Bonchev–Trinajstić information content (AvgIpc) is 4.07. The molecule has 4 heterocycles. The Kier molecular flexibility index (Phi) is 18.8. The Morgan fingerprint density at radius 3 is 2.18 bits per heavy atom. The number of likely N-dealkylation sites (N-methyl/N-ethyl adjacent to an activating group) is 1. The number of aromatic hydroxyl groups is 1. The summed E-state index contributed by atoms with van der Waals surface area (Å²) in [5, 5.41) is 32.4. The van der Waals surface area contributed by atoms with Crippen LogP contribution in [0.2, 0.25) is 5.02 Å². The number of anilines is 1. The molecule has 3 aromatic carbocycles. The molecule has 2 aliphatic carbocycles. The third-order valence-electron chi connectivity index (χ3n) is 17.8. The molecular weight excluding hydrogens is 1030 g/mol. The van der Waals surface area contributed by atoms with Crippen LogP contribution in [0.5, 0.6) is 11.5 Å². The van der Waals surface area contributed by atoms with E-state index in [2.05, 4.69) is 25.8 Å². The van der Waals surface area contributed by atoms with Crippen molar-refractivity contribution in [2.45, 2.75) is 120 Å². The standard InChI is InChI=1S/C59H79ClN8O11/c1-38-7-13-44(33-45(38)60)68(25-6-24-66-26-16-40(17-27-66)31-39-8-10-41(11-9-39)56(61)74)57(75)42-18-28-67(29-19-42)52(73)37-78-35-50(71)63-23-5-3-4-22-62-49(70)34-77-36-51(72)64-46-15-20-59(76)48-32-43-12-14-47(69)54-53(43)58(59,55(46)79-54)21-30-65(48)2/h7-14,33,40,42,46,48,55,69,76H,3-6,15-32,34-37H2,1-2H3,(H2,61,74)(H,62,70)(H,63,71)(H,64,72)/t46-,48?,55?,58-,59+/m0/s1. The second kappa shape index (κ2) is 25.7. The molecule has 19 nitrogen and oxygen atoms in total. The number of carbonyl (C=O) groups excluding carboxylic acids is 6. The summed E-state index contributed by atoms with van der Waals surface area (Å²) < 4.78 is 17.4. The van der Waals surface area contributed by atoms with E-state index in [1.54, 1.807) is 23.1 Å². The van der Waals surface area contributed by atoms with E-state index in [4.69, 9.17) is 31.5 Å². The fraction of sp³-hybridized carbons (Fsp3) is 0.593. The van der Waals surface area contributed by atoms with E-state index in [0.717, 1.165) is 80.7 Å². The van der Waals surface area contributed by atoms with Crippen LogP contribution in [0.1, 0.15) is 103 Å². The Morgan fingerprint density at radius 1 is 0.810 bits per heavy atom. The highest BCUT2D eigenvalue weighted by Gasteiger charge is 2.72. The van der Waals surface area contributed by atoms with Crippen molar-refractivity contribution in [3.05, 3.63) is 87.4 Å². The Hall–Kier alpha value is -5.83. The number of hydrogen-bond acceptors (Lipinski definition) is 13. The molecule has 6 amide bonds. The highest BCUT2D eigenvalue weighted by atomic mass is 35.5. The van der Waals surface area contributed by atoms with Crippen LogP contribution in [0, 0.1) is 18.8 Å². The van der Waals surface area contributed by atoms with Gasteiger partial charge in [0.25, 0.3) is 0 Å². The molecule has 7 N–H and O–H groups in total. The number of likely N-dealkylation sites (tertiary alicyclic amines) is 3. The summed E-state index contributed by atoms with van der Waals surface area (Å²) in [5.74, 6) is -0.928. The number of amides is 6. The molecule has 2 unspecified atom stereocenters. The Bertz CT molecular complexity index is 2700. The number of nitrogens with zero attached hydrogens (tertiary/aromatic N) is 4. The van der Waals surface area contributed by atoms with Gasteiger partial charge in [-0.1, -0.05) is 35.9 Å². The summed E-state index contributed by atoms with van der Waals surface area (Å²) in [6.07, 6.45) is 8.76. The van der Waals surface area contributed by atoms with E-state index in [9.17, 15) is 39.0 Å². The first-order chi connectivity index (χ1) is 38.0. The monoisotopic (exact) mass is 1110 g/mol. The number of ether oxygens (including phenoxy) is 3. The lowest BCUT2D eigenvalue weighted by atomic mass is 9.48. The molecule has 4 fully saturated rings. The van der Waals surface area contributed by atoms with Gasteiger partial charge in [0, 0.05) is 66.5 Å². The summed E-state index contributed by atoms with van der Waals surface area (Å²) in [6.45, 7) is 6.63. The summed E-state index contributed by atoms with van der Waals surface area (Å²) in [5.41, 5.74) is 8.96. The lowest BCUT2D eigenvalue weighted by molar-refractivity contribution is -0.187. The van der Waals surface area contributed by atoms with E-state index in [-0.39, 0.29) is 67.8 Å². The predicted molar refractivity (Wildman–Crippen MR) is 297 cm³/mol. The third kappa shape index (κ3) is 13.0. The molecule has 1 saturated carbocycles. The van der Waals surface area contributed by atoms with Gasteiger partial charge in [-0.3, -0.25) is 28.8 Å². The summed E-state index contributed by atoms with van der Waals surface area (Å²) in [6, 6.07) is 16.4. The molecule has 0 aromatic heterocycles. The molecule has 1 spiro atoms. The van der Waals surface area contributed by atoms with Crippen molar-refractivity contribution in [3.63, 3.8) is 0 Å². The zero-order valence-corrected chi connectivity index (χ0v) is 46.5. The lowest BCUT2D eigenvalue weighted by Gasteiger charge is -2.63. The molecule has 428 valence electrons. The zero-order chi connectivity index (χ0) is 55.8. The van der Waals surface area contributed by atoms with E-state index in [0.29, 0.717) is 106 Å². The van der Waals surface area contributed by atoms with Crippen molar-refractivity contribution in [2.24, 2.45) is 17.6 Å². The number of aryl methyl sites for hydroxylation is 1. The maximum Gasteiger partial charge on any atom is 0.248 e. The normalized spacial score (nSPS) is 23.8. The zero-order valence-electron chi connectivity index (χ0n) is 45.8. The van der Waals surface area contributed by atoms with Crippen molar-refractivity contribution < 1.29 is 53.2 Å². The predicted octanol–water partition coefficient (Wildman–Crippen LogP) is 3.77. The van der Waals surface area contributed by atoms with Crippen molar-refractivity contribution in [3.8, 4) is 11.5 Å². The van der Waals surface area contributed by atoms with Crippen molar-refractivity contribution in [1.29, 1.82) is 0 Å². The molecule has 2 bridgehead atoms. The van der Waals surface area contributed by atoms with E-state index in [1.165, 1.54) is 5.56 Å². The van der Waals surface area contributed by atoms with Gasteiger partial charge >= 0.3 is 0 Å². The van der Waals surface area contributed by atoms with Crippen molar-refractivity contribution in [1.82, 2.24) is 30.7 Å². The van der Waals surface area contributed by atoms with Gasteiger partial charge < -0.3 is 65.7 Å². The fourth-order valence-electron chi connectivity index (χ4n) is 13.4. The van der Waals surface area contributed by atoms with Crippen LogP contribution in [0.3, 0.4) is 0 Å². The van der Waals surface area contributed by atoms with Crippen LogP contribution in [0.4, 0.5) is 5.69 Å². The topological polar surface area (TPSA) is 246 Å². The third-order valence-corrected chi connectivity index (χ3v) is 18.2. The minimum absolute atomic E-state index is 0.0310. The maximum atomic E-state index is 14.2. The number of benzene rings is 3. The van der Waals surface area contributed by atoms with Crippen LogP contribution in [-0.2, 0) is 51.7 Å². The van der Waals surface area contributed by atoms with E-state index < -0.39 is 35.0 Å². The quantitative estimate of drug-likeness (QED) is 0.0701. The molecular formula is C59H79ClN8O11. The lowest BCUT2D eigenvalue weighted by Crippen LogP contribution is -2.77. The average molecular weight is 1110 g/mol. The van der Waals surface area contributed by atoms with Gasteiger partial charge in [0.15, 0.2) is 11.5 Å². The van der Waals surface area contributed by atoms with Gasteiger partial charge in [0.2, 0.25) is 35.4 Å². The minimum atomic E-state index is -1.06. The molecule has 0 radical (unpaired) electrons. The molecule has 6 aliphatic rings. The minimum Gasteiger partial charge on any atom is -0.504 e. The number of phenolic OH excluding ortho intramolecular Hbond substituents is 1. The van der Waals surface area contributed by atoms with E-state index in [1.807, 2.05) is 55.3 Å². The first kappa shape index (κ1) is 57.8. The molecule has 4 aliphatic heterocycles. The van der Waals surface area contributed by atoms with Gasteiger partial charge in [-0.05, 0) is 177 Å². The number of hydrogen-bond donors (Lipinski definition) is 6. The number of halogens is 1. The molecule has 79 heavy (non-hydrogen) atoms. The number of unbranched alkanes of at least 4 members (excludes halogenated alkanes) is 2. The number of rotatable bonds is 24. The first-order valence-corrected chi connectivity index (χ1v) is 28.8. The number of carbonyl (C=O) groups is 6. The van der Waals surface area contributed by atoms with Gasteiger partial charge in [0.1, 0.15) is 32.5 Å². The van der Waals surface area contributed by atoms with Crippen LogP contribution >= 0.6 is 11.6 Å². The van der Waals surface area contributed by atoms with Crippen LogP contribution in [0.15, 0.2) is 54.6 Å². The van der Waals surface area contributed by atoms with Crippen molar-refractivity contribution >= 4 is 52.7 Å². The summed E-state index contributed by atoms with van der Waals surface area (Å²) >= 11 is 6.56. The van der Waals surface area contributed by atoms with Gasteiger partial charge in [-0.25, -0.2) is 0 Å². The van der Waals surface area contributed by atoms with Crippen LogP contribution < -0.4 is 31.3 Å².